The molecule has 0 saturated carbocycles. The molecule has 1 aromatic heterocycles. The fourth-order valence-corrected chi connectivity index (χ4v) is 3.95. The Morgan fingerprint density at radius 2 is 1.94 bits per heavy atom. The average molecular weight is 478 g/mol. The maximum absolute atomic E-state index is 13.7. The lowest BCUT2D eigenvalue weighted by atomic mass is 9.97. The molecule has 184 valence electrons. The third-order valence-corrected chi connectivity index (χ3v) is 5.51. The number of nitrogens with zero attached hydrogens (tertiary/aromatic N) is 3. The molecule has 0 bridgehead atoms. The summed E-state index contributed by atoms with van der Waals surface area (Å²) in [7, 11) is 2.11. The number of likely N-dealkylation sites (N-methyl/N-ethyl adjacent to an activating group) is 1. The highest BCUT2D eigenvalue weighted by Crippen LogP contribution is 2.32. The molecule has 3 aromatic rings. The van der Waals surface area contributed by atoms with Crippen LogP contribution < -0.4 is 10.6 Å². The third kappa shape index (κ3) is 7.68. The lowest BCUT2D eigenvalue weighted by molar-refractivity contribution is -0.114. The van der Waals surface area contributed by atoms with Crippen LogP contribution in [0.4, 0.5) is 21.6 Å². The van der Waals surface area contributed by atoms with Crippen LogP contribution in [0.1, 0.15) is 44.9 Å². The molecule has 1 aliphatic heterocycles. The van der Waals surface area contributed by atoms with E-state index in [9.17, 15) is 14.0 Å². The van der Waals surface area contributed by atoms with Crippen LogP contribution in [0.2, 0.25) is 0 Å². The molecule has 35 heavy (non-hydrogen) atoms. The minimum atomic E-state index is -0.315. The summed E-state index contributed by atoms with van der Waals surface area (Å²) in [6.45, 7) is 5.25. The summed E-state index contributed by atoms with van der Waals surface area (Å²) in [5, 5.41) is 6.09. The third-order valence-electron chi connectivity index (χ3n) is 5.51. The van der Waals surface area contributed by atoms with E-state index in [1.54, 1.807) is 12.1 Å². The van der Waals surface area contributed by atoms with Crippen LogP contribution in [0.5, 0.6) is 0 Å². The molecule has 7 nitrogen and oxygen atoms in total. The zero-order chi connectivity index (χ0) is 25.2. The molecule has 2 aromatic carbocycles. The molecule has 2 heterocycles. The first kappa shape index (κ1) is 26.0. The van der Waals surface area contributed by atoms with Crippen LogP contribution in [0.3, 0.4) is 0 Å². The Bertz CT molecular complexity index is 1150. The normalized spacial score (nSPS) is 15.5. The van der Waals surface area contributed by atoms with E-state index in [4.69, 9.17) is 9.97 Å². The monoisotopic (exact) mass is 477 g/mol. The van der Waals surface area contributed by atoms with Crippen molar-refractivity contribution in [3.63, 3.8) is 0 Å². The lowest BCUT2D eigenvalue weighted by Crippen LogP contribution is -2.31. The van der Waals surface area contributed by atoms with Crippen molar-refractivity contribution in [2.45, 2.75) is 39.0 Å². The number of aromatic nitrogens is 2. The summed E-state index contributed by atoms with van der Waals surface area (Å²) in [6.07, 6.45) is 3.62. The molecule has 0 radical (unpaired) electrons. The van der Waals surface area contributed by atoms with E-state index in [1.165, 1.54) is 19.1 Å². The van der Waals surface area contributed by atoms with Gasteiger partial charge in [-0.25, -0.2) is 14.4 Å². The number of nitrogens with one attached hydrogen (secondary N) is 2. The number of likely N-dealkylation sites (tertiary alicyclic amines) is 1. The molecule has 1 saturated heterocycles. The molecule has 0 spiro atoms. The van der Waals surface area contributed by atoms with E-state index in [0.29, 0.717) is 29.3 Å². The second kappa shape index (κ2) is 12.7. The van der Waals surface area contributed by atoms with Crippen molar-refractivity contribution in [1.29, 1.82) is 0 Å². The summed E-state index contributed by atoms with van der Waals surface area (Å²) in [6, 6.07) is 15.7. The minimum absolute atomic E-state index is 0.145. The summed E-state index contributed by atoms with van der Waals surface area (Å²) in [5.74, 6) is 1.09. The van der Waals surface area contributed by atoms with Crippen LogP contribution in [-0.2, 0) is 9.59 Å². The summed E-state index contributed by atoms with van der Waals surface area (Å²) in [4.78, 5) is 32.8. The number of carbonyl (C=O) groups is 2. The molecule has 1 aliphatic rings. The van der Waals surface area contributed by atoms with Gasteiger partial charge in [-0.2, -0.15) is 0 Å². The molecule has 1 atom stereocenters. The van der Waals surface area contributed by atoms with Crippen LogP contribution in [0, 0.1) is 5.82 Å². The smallest absolute Gasteiger partial charge is 0.221 e. The van der Waals surface area contributed by atoms with Crippen LogP contribution in [0.25, 0.3) is 11.3 Å². The van der Waals surface area contributed by atoms with Crippen molar-refractivity contribution < 1.29 is 14.0 Å². The predicted octanol–water partition coefficient (Wildman–Crippen LogP) is 5.39. The van der Waals surface area contributed by atoms with Crippen LogP contribution in [-0.4, -0.2) is 47.2 Å². The molecule has 2 N–H and O–H groups in total. The number of rotatable bonds is 6. The van der Waals surface area contributed by atoms with Gasteiger partial charge in [0, 0.05) is 43.1 Å². The zero-order valence-corrected chi connectivity index (χ0v) is 20.4. The predicted molar refractivity (Wildman–Crippen MR) is 137 cm³/mol. The Labute approximate surface area is 205 Å². The van der Waals surface area contributed by atoms with E-state index >= 15 is 0 Å². The molecular weight excluding hydrogens is 445 g/mol. The fraction of sp³-hybridized carbons (Fsp3) is 0.333. The Morgan fingerprint density at radius 1 is 1.17 bits per heavy atom. The summed E-state index contributed by atoms with van der Waals surface area (Å²) < 4.78 is 13.7. The maximum Gasteiger partial charge on any atom is 0.221 e. The zero-order valence-electron chi connectivity index (χ0n) is 20.4. The number of piperidine rings is 1. The molecule has 0 aliphatic carbocycles. The number of para-hydroxylation sites is 1. The maximum atomic E-state index is 13.7. The highest BCUT2D eigenvalue weighted by atomic mass is 19.1. The Balaban J connectivity index is 0.000000795. The van der Waals surface area contributed by atoms with Crippen LogP contribution >= 0.6 is 0 Å². The first-order chi connectivity index (χ1) is 16.9. The highest BCUT2D eigenvalue weighted by molar-refractivity contribution is 5.93. The quantitative estimate of drug-likeness (QED) is 0.463. The van der Waals surface area contributed by atoms with E-state index in [2.05, 4.69) is 22.6 Å². The number of carbonyl (C=O) groups excluding carboxylic acids is 2. The van der Waals surface area contributed by atoms with Gasteiger partial charge in [-0.05, 0) is 50.7 Å². The van der Waals surface area contributed by atoms with Gasteiger partial charge in [0.2, 0.25) is 5.91 Å². The van der Waals surface area contributed by atoms with Gasteiger partial charge < -0.3 is 20.3 Å². The number of benzene rings is 2. The molecule has 4 rings (SSSR count). The Hall–Kier alpha value is -3.65. The molecule has 1 amide bonds. The van der Waals surface area contributed by atoms with Crippen molar-refractivity contribution in [3.05, 3.63) is 66.2 Å². The molecule has 1 unspecified atom stereocenters. The Morgan fingerprint density at radius 3 is 2.63 bits per heavy atom. The second-order valence-electron chi connectivity index (χ2n) is 8.54. The van der Waals surface area contributed by atoms with Crippen LogP contribution in [0.15, 0.2) is 54.6 Å². The average Bonchev–Trinajstić information content (AvgIpc) is 2.84. The van der Waals surface area contributed by atoms with Gasteiger partial charge in [0.25, 0.3) is 0 Å². The second-order valence-corrected chi connectivity index (χ2v) is 8.54. The van der Waals surface area contributed by atoms with Crippen molar-refractivity contribution in [3.8, 4) is 11.3 Å². The van der Waals surface area contributed by atoms with Gasteiger partial charge in [0.1, 0.15) is 23.7 Å². The van der Waals surface area contributed by atoms with Gasteiger partial charge in [-0.1, -0.05) is 31.2 Å². The fourth-order valence-electron chi connectivity index (χ4n) is 3.95. The first-order valence-electron chi connectivity index (χ1n) is 11.8. The molecule has 1 fully saturated rings. The lowest BCUT2D eigenvalue weighted by Gasteiger charge is -2.29. The number of anilines is 3. The number of halogens is 1. The summed E-state index contributed by atoms with van der Waals surface area (Å²) >= 11 is 0. The standard InChI is InChI=1S/C24H26FN5O.C3H6O/c1-16(31)26-21-11-4-3-10-20(21)22-14-23(27-19-9-5-8-18(25)13-19)29-24(28-22)17-7-6-12-30(2)15-17;1-2-3-4/h3-5,8-11,13-14,17H,6-7,12,15H2,1-2H3,(H,26,31)(H,27,28,29);3H,2H2,1H3. The van der Waals surface area contributed by atoms with Gasteiger partial charge in [0.15, 0.2) is 0 Å². The van der Waals surface area contributed by atoms with Crippen molar-refractivity contribution >= 4 is 29.4 Å². The molecule has 8 heteroatoms. The summed E-state index contributed by atoms with van der Waals surface area (Å²) in [5.41, 5.74) is 2.83. The van der Waals surface area contributed by atoms with Crippen molar-refractivity contribution in [1.82, 2.24) is 14.9 Å². The molecular formula is C27H32FN5O2. The van der Waals surface area contributed by atoms with Crippen molar-refractivity contribution in [2.75, 3.05) is 30.8 Å². The number of hydrogen-bond acceptors (Lipinski definition) is 6. The van der Waals surface area contributed by atoms with Gasteiger partial charge in [-0.15, -0.1) is 0 Å². The van der Waals surface area contributed by atoms with E-state index in [-0.39, 0.29) is 17.6 Å². The number of amides is 1. The Kier molecular flexibility index (Phi) is 9.43. The SMILES string of the molecule is CC(=O)Nc1ccccc1-c1cc(Nc2cccc(F)c2)nc(C2CCCN(C)C2)n1.CCC=O. The number of aldehydes is 1. The highest BCUT2D eigenvalue weighted by Gasteiger charge is 2.23. The van der Waals surface area contributed by atoms with Gasteiger partial charge in [0.05, 0.1) is 11.4 Å². The van der Waals surface area contributed by atoms with E-state index < -0.39 is 0 Å². The first-order valence-corrected chi connectivity index (χ1v) is 11.8. The minimum Gasteiger partial charge on any atom is -0.340 e. The van der Waals surface area contributed by atoms with Gasteiger partial charge >= 0.3 is 0 Å². The number of hydrogen-bond donors (Lipinski definition) is 2. The van der Waals surface area contributed by atoms with E-state index in [0.717, 1.165) is 43.6 Å². The largest absolute Gasteiger partial charge is 0.340 e. The van der Waals surface area contributed by atoms with Gasteiger partial charge in [-0.3, -0.25) is 4.79 Å². The topological polar surface area (TPSA) is 87.2 Å². The van der Waals surface area contributed by atoms with Crippen molar-refractivity contribution in [2.24, 2.45) is 0 Å². The van der Waals surface area contributed by atoms with E-state index in [1.807, 2.05) is 37.3 Å².